The van der Waals surface area contributed by atoms with Gasteiger partial charge in [0.2, 0.25) is 0 Å². The van der Waals surface area contributed by atoms with Crippen LogP contribution in [0.4, 0.5) is 36.4 Å². The molecule has 0 radical (unpaired) electrons. The van der Waals surface area contributed by atoms with E-state index in [0.717, 1.165) is 0 Å². The second-order valence-electron chi connectivity index (χ2n) is 2.80. The summed E-state index contributed by atoms with van der Waals surface area (Å²) in [5.41, 5.74) is -1.83. The number of hydrogen-bond acceptors (Lipinski definition) is 1. The first-order valence-corrected chi connectivity index (χ1v) is 3.85. The molecule has 0 aliphatic heterocycles. The fraction of sp³-hybridized carbons (Fsp3) is 0.125. The van der Waals surface area contributed by atoms with Crippen molar-refractivity contribution in [2.75, 3.05) is 5.32 Å². The molecule has 0 aliphatic rings. The number of rotatable bonds is 1. The van der Waals surface area contributed by atoms with Crippen LogP contribution in [-0.4, -0.2) is 12.1 Å². The number of benzene rings is 1. The third-order valence-electron chi connectivity index (χ3n) is 1.61. The maximum absolute atomic E-state index is 12.8. The van der Waals surface area contributed by atoms with Gasteiger partial charge in [0.05, 0.1) is 0 Å². The normalized spacial score (nSPS) is 11.5. The first-order valence-electron chi connectivity index (χ1n) is 3.85. The molecule has 1 amide bonds. The second-order valence-corrected chi connectivity index (χ2v) is 2.80. The number of anilines is 1. The fourth-order valence-electron chi connectivity index (χ4n) is 0.867. The van der Waals surface area contributed by atoms with Crippen LogP contribution in [0.1, 0.15) is 0 Å². The molecule has 0 spiro atoms. The Balaban J connectivity index is 3.20. The molecule has 1 rings (SSSR count). The molecule has 1 aromatic rings. The molecule has 0 saturated heterocycles. The zero-order valence-electron chi connectivity index (χ0n) is 7.63. The van der Waals surface area contributed by atoms with E-state index in [0.29, 0.717) is 5.32 Å². The number of alkyl halides is 3. The smallest absolute Gasteiger partial charge is 0.313 e. The molecule has 0 aliphatic carbocycles. The molecule has 0 aromatic heterocycles. The highest BCUT2D eigenvalue weighted by molar-refractivity contribution is 5.95. The predicted molar refractivity (Wildman–Crippen MR) is 41.0 cm³/mol. The number of hydrogen-bond donors (Lipinski definition) is 1. The topological polar surface area (TPSA) is 29.1 Å². The largest absolute Gasteiger partial charge is 0.471 e. The van der Waals surface area contributed by atoms with E-state index in [2.05, 4.69) is 0 Å². The van der Waals surface area contributed by atoms with Gasteiger partial charge in [-0.2, -0.15) is 13.2 Å². The highest BCUT2D eigenvalue weighted by Crippen LogP contribution is 2.26. The van der Waals surface area contributed by atoms with Gasteiger partial charge in [0.25, 0.3) is 0 Å². The van der Waals surface area contributed by atoms with Gasteiger partial charge in [-0.25, -0.2) is 17.6 Å². The number of halogens is 7. The van der Waals surface area contributed by atoms with E-state index < -0.39 is 41.0 Å². The summed E-state index contributed by atoms with van der Waals surface area (Å²) in [6.45, 7) is 0. The lowest BCUT2D eigenvalue weighted by Gasteiger charge is -2.10. The van der Waals surface area contributed by atoms with E-state index in [-0.39, 0.29) is 6.07 Å². The lowest BCUT2D eigenvalue weighted by atomic mass is 10.2. The molecule has 2 nitrogen and oxygen atoms in total. The minimum Gasteiger partial charge on any atom is -0.313 e. The molecule has 9 heteroatoms. The van der Waals surface area contributed by atoms with Crippen LogP contribution in [0, 0.1) is 23.3 Å². The van der Waals surface area contributed by atoms with Gasteiger partial charge in [-0.05, 0) is 0 Å². The lowest BCUT2D eigenvalue weighted by molar-refractivity contribution is -0.167. The van der Waals surface area contributed by atoms with Crippen molar-refractivity contribution < 1.29 is 35.5 Å². The van der Waals surface area contributed by atoms with Crippen LogP contribution in [-0.2, 0) is 4.79 Å². The maximum atomic E-state index is 12.8. The zero-order valence-corrected chi connectivity index (χ0v) is 7.63. The van der Waals surface area contributed by atoms with Crippen LogP contribution < -0.4 is 5.32 Å². The number of carbonyl (C=O) groups is 1. The molecule has 0 saturated carbocycles. The Morgan fingerprint density at radius 2 is 1.41 bits per heavy atom. The molecule has 0 atom stereocenters. The summed E-state index contributed by atoms with van der Waals surface area (Å²) in [5.74, 6) is -10.9. The Hall–Kier alpha value is -1.80. The Bertz CT molecular complexity index is 442. The summed E-state index contributed by atoms with van der Waals surface area (Å²) < 4.78 is 86.0. The third-order valence-corrected chi connectivity index (χ3v) is 1.61. The van der Waals surface area contributed by atoms with Crippen LogP contribution in [0.3, 0.4) is 0 Å². The number of amides is 1. The number of nitrogens with one attached hydrogen (secondary N) is 1. The van der Waals surface area contributed by atoms with Crippen LogP contribution >= 0.6 is 0 Å². The highest BCUT2D eigenvalue weighted by atomic mass is 19.4. The molecule has 94 valence electrons. The van der Waals surface area contributed by atoms with E-state index in [1.54, 1.807) is 0 Å². The molecule has 17 heavy (non-hydrogen) atoms. The summed E-state index contributed by atoms with van der Waals surface area (Å²) in [5, 5.41) is 0.706. The molecule has 1 N–H and O–H groups in total. The van der Waals surface area contributed by atoms with E-state index in [9.17, 15) is 35.5 Å². The van der Waals surface area contributed by atoms with Gasteiger partial charge in [-0.15, -0.1) is 0 Å². The summed E-state index contributed by atoms with van der Waals surface area (Å²) >= 11 is 0. The van der Waals surface area contributed by atoms with Gasteiger partial charge in [0.15, 0.2) is 23.3 Å². The summed E-state index contributed by atoms with van der Waals surface area (Å²) in [6.07, 6.45) is -5.44. The molecular weight excluding hydrogens is 259 g/mol. The zero-order chi connectivity index (χ0) is 13.4. The van der Waals surface area contributed by atoms with Crippen molar-refractivity contribution in [3.05, 3.63) is 29.3 Å². The Kier molecular flexibility index (Phi) is 3.30. The van der Waals surface area contributed by atoms with Crippen LogP contribution in [0.25, 0.3) is 0 Å². The highest BCUT2D eigenvalue weighted by Gasteiger charge is 2.40. The predicted octanol–water partition coefficient (Wildman–Crippen LogP) is 2.74. The summed E-state index contributed by atoms with van der Waals surface area (Å²) in [7, 11) is 0. The Labute approximate surface area is 89.0 Å². The van der Waals surface area contributed by atoms with Gasteiger partial charge < -0.3 is 5.32 Å². The third kappa shape index (κ3) is 2.66. The molecule has 0 heterocycles. The standard InChI is InChI=1S/C8H2F7NO/c9-2-1-3(10)5(12)6(4(2)11)16-7(17)8(13,14)15/h1H,(H,16,17). The van der Waals surface area contributed by atoms with E-state index >= 15 is 0 Å². The first-order chi connectivity index (χ1) is 7.64. The van der Waals surface area contributed by atoms with Crippen molar-refractivity contribution in [2.24, 2.45) is 0 Å². The maximum Gasteiger partial charge on any atom is 0.471 e. The Morgan fingerprint density at radius 3 is 1.76 bits per heavy atom. The van der Waals surface area contributed by atoms with Crippen molar-refractivity contribution in [3.8, 4) is 0 Å². The lowest BCUT2D eigenvalue weighted by Crippen LogP contribution is -2.31. The van der Waals surface area contributed by atoms with Crippen molar-refractivity contribution in [1.29, 1.82) is 0 Å². The fourth-order valence-corrected chi connectivity index (χ4v) is 0.867. The minimum atomic E-state index is -5.44. The quantitative estimate of drug-likeness (QED) is 0.611. The van der Waals surface area contributed by atoms with E-state index in [1.807, 2.05) is 0 Å². The average molecular weight is 261 g/mol. The second kappa shape index (κ2) is 4.22. The molecule has 0 fully saturated rings. The van der Waals surface area contributed by atoms with Crippen LogP contribution in [0.2, 0.25) is 0 Å². The van der Waals surface area contributed by atoms with E-state index in [4.69, 9.17) is 0 Å². The monoisotopic (exact) mass is 261 g/mol. The van der Waals surface area contributed by atoms with E-state index in [1.165, 1.54) is 0 Å². The SMILES string of the molecule is O=C(Nc1c(F)c(F)cc(F)c1F)C(F)(F)F. The summed E-state index contributed by atoms with van der Waals surface area (Å²) in [4.78, 5) is 10.3. The van der Waals surface area contributed by atoms with Crippen LogP contribution in [0.5, 0.6) is 0 Å². The molecule has 0 bridgehead atoms. The average Bonchev–Trinajstić information content (AvgIpc) is 2.20. The first kappa shape index (κ1) is 13.3. The number of carbonyl (C=O) groups excluding carboxylic acids is 1. The molecular formula is C8H2F7NO. The molecule has 1 aromatic carbocycles. The van der Waals surface area contributed by atoms with Gasteiger partial charge in [-0.1, -0.05) is 0 Å². The van der Waals surface area contributed by atoms with Gasteiger partial charge in [0.1, 0.15) is 5.69 Å². The molecule has 0 unspecified atom stereocenters. The van der Waals surface area contributed by atoms with Crippen molar-refractivity contribution in [1.82, 2.24) is 0 Å². The van der Waals surface area contributed by atoms with Gasteiger partial charge in [0, 0.05) is 6.07 Å². The summed E-state index contributed by atoms with van der Waals surface area (Å²) in [6, 6.07) is -0.200. The van der Waals surface area contributed by atoms with Gasteiger partial charge in [-0.3, -0.25) is 4.79 Å². The van der Waals surface area contributed by atoms with Crippen molar-refractivity contribution in [2.45, 2.75) is 6.18 Å². The minimum absolute atomic E-state index is 0.200. The van der Waals surface area contributed by atoms with Gasteiger partial charge >= 0.3 is 12.1 Å². The van der Waals surface area contributed by atoms with Crippen molar-refractivity contribution in [3.63, 3.8) is 0 Å². The van der Waals surface area contributed by atoms with Crippen molar-refractivity contribution >= 4 is 11.6 Å². The van der Waals surface area contributed by atoms with Crippen LogP contribution in [0.15, 0.2) is 6.07 Å². The Morgan fingerprint density at radius 1 is 1.00 bits per heavy atom.